The van der Waals surface area contributed by atoms with Crippen molar-refractivity contribution < 1.29 is 4.79 Å². The van der Waals surface area contributed by atoms with Crippen molar-refractivity contribution in [2.24, 2.45) is 5.73 Å². The van der Waals surface area contributed by atoms with Crippen molar-refractivity contribution in [3.05, 3.63) is 59.8 Å². The molecule has 1 saturated carbocycles. The highest BCUT2D eigenvalue weighted by Gasteiger charge is 2.24. The average molecular weight is 341 g/mol. The van der Waals surface area contributed by atoms with Crippen molar-refractivity contribution in [1.29, 1.82) is 0 Å². The molecule has 1 heterocycles. The summed E-state index contributed by atoms with van der Waals surface area (Å²) in [5.41, 5.74) is 7.88. The lowest BCUT2D eigenvalue weighted by molar-refractivity contribution is 0.0934. The van der Waals surface area contributed by atoms with E-state index >= 15 is 0 Å². The Morgan fingerprint density at radius 3 is 2.79 bits per heavy atom. The summed E-state index contributed by atoms with van der Waals surface area (Å²) in [5.74, 6) is 0.861. The van der Waals surface area contributed by atoms with Crippen LogP contribution in [0.4, 0.5) is 0 Å². The summed E-state index contributed by atoms with van der Waals surface area (Å²) < 4.78 is 0. The summed E-state index contributed by atoms with van der Waals surface area (Å²) in [6.07, 6.45) is 5.51. The van der Waals surface area contributed by atoms with Gasteiger partial charge in [0.25, 0.3) is 5.91 Å². The topological polar surface area (TPSA) is 68.0 Å². The van der Waals surface area contributed by atoms with E-state index in [2.05, 4.69) is 22.4 Å². The molecule has 2 atom stereocenters. The number of thioether (sulfide) groups is 1. The van der Waals surface area contributed by atoms with E-state index in [4.69, 9.17) is 5.73 Å². The van der Waals surface area contributed by atoms with E-state index in [0.29, 0.717) is 5.56 Å². The first-order valence-electron chi connectivity index (χ1n) is 8.40. The van der Waals surface area contributed by atoms with Gasteiger partial charge in [-0.3, -0.25) is 4.79 Å². The van der Waals surface area contributed by atoms with Gasteiger partial charge in [-0.05, 0) is 43.4 Å². The van der Waals surface area contributed by atoms with Gasteiger partial charge in [0, 0.05) is 24.0 Å². The lowest BCUT2D eigenvalue weighted by Gasteiger charge is -2.14. The highest BCUT2D eigenvalue weighted by Crippen LogP contribution is 2.23. The summed E-state index contributed by atoms with van der Waals surface area (Å²) in [5, 5.41) is 3.90. The minimum atomic E-state index is -0.0376. The molecule has 3 rings (SSSR count). The molecule has 3 N–H and O–H groups in total. The number of nitrogens with zero attached hydrogens (tertiary/aromatic N) is 1. The number of nitrogens with two attached hydrogens (primary N) is 1. The Hall–Kier alpha value is -1.85. The van der Waals surface area contributed by atoms with Crippen LogP contribution < -0.4 is 11.1 Å². The number of aromatic nitrogens is 1. The quantitative estimate of drug-likeness (QED) is 0.793. The van der Waals surface area contributed by atoms with Gasteiger partial charge < -0.3 is 11.1 Å². The van der Waals surface area contributed by atoms with Crippen LogP contribution in [-0.4, -0.2) is 28.7 Å². The van der Waals surface area contributed by atoms with Crippen LogP contribution in [0.1, 0.15) is 35.2 Å². The lowest BCUT2D eigenvalue weighted by Crippen LogP contribution is -2.34. The van der Waals surface area contributed by atoms with Crippen LogP contribution in [0.3, 0.4) is 0 Å². The predicted molar refractivity (Wildman–Crippen MR) is 98.2 cm³/mol. The molecule has 1 aromatic heterocycles. The molecule has 0 bridgehead atoms. The van der Waals surface area contributed by atoms with Gasteiger partial charge in [-0.25, -0.2) is 4.98 Å². The van der Waals surface area contributed by atoms with Crippen molar-refractivity contribution in [2.45, 2.75) is 42.8 Å². The van der Waals surface area contributed by atoms with Crippen LogP contribution in [0.15, 0.2) is 53.7 Å². The van der Waals surface area contributed by atoms with Crippen LogP contribution in [-0.2, 0) is 6.42 Å². The van der Waals surface area contributed by atoms with Crippen LogP contribution in [0.25, 0.3) is 0 Å². The fourth-order valence-corrected chi connectivity index (χ4v) is 3.98. The molecule has 0 unspecified atom stereocenters. The zero-order valence-electron chi connectivity index (χ0n) is 13.7. The molecule has 126 valence electrons. The number of benzene rings is 1. The molecule has 0 saturated heterocycles. The first-order chi connectivity index (χ1) is 11.7. The number of hydrogen-bond donors (Lipinski definition) is 2. The number of aryl methyl sites for hydroxylation is 1. The molecule has 1 aliphatic rings. The van der Waals surface area contributed by atoms with Crippen molar-refractivity contribution in [3.8, 4) is 0 Å². The first-order valence-corrected chi connectivity index (χ1v) is 9.39. The maximum Gasteiger partial charge on any atom is 0.254 e. The van der Waals surface area contributed by atoms with Crippen LogP contribution in [0.5, 0.6) is 0 Å². The highest BCUT2D eigenvalue weighted by atomic mass is 32.2. The van der Waals surface area contributed by atoms with Gasteiger partial charge in [-0.2, -0.15) is 0 Å². The zero-order valence-corrected chi connectivity index (χ0v) is 14.5. The summed E-state index contributed by atoms with van der Waals surface area (Å²) in [6.45, 7) is 0. The van der Waals surface area contributed by atoms with Crippen LogP contribution in [0, 0.1) is 0 Å². The Morgan fingerprint density at radius 2 is 2.04 bits per heavy atom. The molecule has 4 nitrogen and oxygen atoms in total. The molecule has 1 fully saturated rings. The van der Waals surface area contributed by atoms with Gasteiger partial charge in [0.1, 0.15) is 5.03 Å². The second-order valence-electron chi connectivity index (χ2n) is 6.18. The molecule has 5 heteroatoms. The smallest absolute Gasteiger partial charge is 0.254 e. The zero-order chi connectivity index (χ0) is 16.8. The van der Waals surface area contributed by atoms with Crippen molar-refractivity contribution >= 4 is 17.7 Å². The monoisotopic (exact) mass is 341 g/mol. The molecule has 0 radical (unpaired) electrons. The maximum absolute atomic E-state index is 12.6. The van der Waals surface area contributed by atoms with Crippen LogP contribution >= 0.6 is 11.8 Å². The molecule has 1 aliphatic carbocycles. The molecular weight excluding hydrogens is 318 g/mol. The molecule has 2 aromatic rings. The summed E-state index contributed by atoms with van der Waals surface area (Å²) in [6, 6.07) is 14.4. The number of carbonyl (C=O) groups excluding carboxylic acids is 1. The standard InChI is InChI=1S/C19H23N3OS/c20-15-8-9-16(13-15)22-18(23)17-7-4-11-21-19(17)24-12-10-14-5-2-1-3-6-14/h1-7,11,15-16H,8-10,12-13,20H2,(H,22,23)/t15-,16-/m0/s1. The SMILES string of the molecule is N[C@H]1CC[C@H](NC(=O)c2cccnc2SCCc2ccccc2)C1. The Balaban J connectivity index is 1.59. The number of hydrogen-bond acceptors (Lipinski definition) is 4. The van der Waals surface area contributed by atoms with Crippen LogP contribution in [0.2, 0.25) is 0 Å². The minimum Gasteiger partial charge on any atom is -0.349 e. The molecule has 24 heavy (non-hydrogen) atoms. The largest absolute Gasteiger partial charge is 0.349 e. The second-order valence-corrected chi connectivity index (χ2v) is 7.27. The van der Waals surface area contributed by atoms with E-state index in [0.717, 1.165) is 36.5 Å². The lowest BCUT2D eigenvalue weighted by atomic mass is 10.2. The predicted octanol–water partition coefficient (Wildman–Crippen LogP) is 3.03. The fourth-order valence-electron chi connectivity index (χ4n) is 3.00. The Morgan fingerprint density at radius 1 is 1.21 bits per heavy atom. The third kappa shape index (κ3) is 4.58. The van der Waals surface area contributed by atoms with Gasteiger partial charge in [0.2, 0.25) is 0 Å². The third-order valence-electron chi connectivity index (χ3n) is 4.30. The number of pyridine rings is 1. The molecule has 0 aliphatic heterocycles. The number of nitrogens with one attached hydrogen (secondary N) is 1. The van der Waals surface area contributed by atoms with Gasteiger partial charge in [-0.1, -0.05) is 30.3 Å². The normalized spacial score (nSPS) is 20.0. The van der Waals surface area contributed by atoms with E-state index in [9.17, 15) is 4.79 Å². The maximum atomic E-state index is 12.6. The number of carbonyl (C=O) groups is 1. The fraction of sp³-hybridized carbons (Fsp3) is 0.368. The molecule has 1 amide bonds. The third-order valence-corrected chi connectivity index (χ3v) is 5.30. The molecule has 1 aromatic carbocycles. The summed E-state index contributed by atoms with van der Waals surface area (Å²) in [4.78, 5) is 17.0. The minimum absolute atomic E-state index is 0.0376. The van der Waals surface area contributed by atoms with Crippen molar-refractivity contribution in [1.82, 2.24) is 10.3 Å². The Labute approximate surface area is 147 Å². The van der Waals surface area contributed by atoms with E-state index in [1.165, 1.54) is 5.56 Å². The summed E-state index contributed by atoms with van der Waals surface area (Å²) in [7, 11) is 0. The van der Waals surface area contributed by atoms with E-state index in [-0.39, 0.29) is 18.0 Å². The molecular formula is C19H23N3OS. The van der Waals surface area contributed by atoms with Gasteiger partial charge in [0.05, 0.1) is 5.56 Å². The summed E-state index contributed by atoms with van der Waals surface area (Å²) >= 11 is 1.63. The Bertz CT molecular complexity index is 677. The Kier molecular flexibility index (Phi) is 5.88. The number of amides is 1. The van der Waals surface area contributed by atoms with E-state index in [1.54, 1.807) is 18.0 Å². The van der Waals surface area contributed by atoms with Gasteiger partial charge in [-0.15, -0.1) is 11.8 Å². The van der Waals surface area contributed by atoms with Crippen molar-refractivity contribution in [3.63, 3.8) is 0 Å². The van der Waals surface area contributed by atoms with Gasteiger partial charge >= 0.3 is 0 Å². The second kappa shape index (κ2) is 8.31. The van der Waals surface area contributed by atoms with E-state index in [1.807, 2.05) is 30.3 Å². The van der Waals surface area contributed by atoms with Gasteiger partial charge in [0.15, 0.2) is 0 Å². The average Bonchev–Trinajstić information content (AvgIpc) is 3.01. The van der Waals surface area contributed by atoms with E-state index < -0.39 is 0 Å². The van der Waals surface area contributed by atoms with Crippen molar-refractivity contribution in [2.75, 3.05) is 5.75 Å². The molecule has 0 spiro atoms. The number of rotatable bonds is 6. The first kappa shape index (κ1) is 17.0. The highest BCUT2D eigenvalue weighted by molar-refractivity contribution is 7.99.